The van der Waals surface area contributed by atoms with Crippen molar-refractivity contribution in [2.24, 2.45) is 5.41 Å². The van der Waals surface area contributed by atoms with Gasteiger partial charge in [0, 0.05) is 105 Å². The fourth-order valence-electron chi connectivity index (χ4n) is 8.64. The Morgan fingerprint density at radius 1 is 0.894 bits per heavy atom. The minimum Gasteiger partial charge on any atom is -0.396 e. The number of sulfonamides is 1. The SMILES string of the molecule is C[C@@]1(CO)CCC(c2ccc(Cl)cc2)=C(CN2CCN(c3ccc(C(=O)NS(=O)(=O)c4ccc(N[C@H](CCN5CCNCC5)CSc5ccccc5)c(S(=O)(=O)C(F)(F)F)c4)cc3)CC2)C1. The van der Waals surface area contributed by atoms with Gasteiger partial charge in [-0.25, -0.2) is 21.6 Å². The number of rotatable bonds is 17. The van der Waals surface area contributed by atoms with Crippen molar-refractivity contribution in [2.45, 2.75) is 58.8 Å². The molecule has 0 spiro atoms. The average molecular weight is 990 g/mol. The van der Waals surface area contributed by atoms with Crippen molar-refractivity contribution in [3.63, 3.8) is 0 Å². The Hall–Kier alpha value is -4.14. The molecule has 1 amide bonds. The lowest BCUT2D eigenvalue weighted by atomic mass is 9.72. The molecule has 2 aliphatic heterocycles. The molecule has 3 aliphatic rings. The number of carbonyl (C=O) groups excluding carboxylic acids is 1. The van der Waals surface area contributed by atoms with Crippen LogP contribution in [0.15, 0.2) is 117 Å². The van der Waals surface area contributed by atoms with Gasteiger partial charge in [0.1, 0.15) is 4.90 Å². The number of anilines is 2. The molecule has 0 bridgehead atoms. The number of alkyl halides is 3. The molecule has 12 nitrogen and oxygen atoms in total. The second kappa shape index (κ2) is 21.4. The fourth-order valence-corrected chi connectivity index (χ4v) is 11.8. The molecule has 2 atom stereocenters. The molecule has 0 radical (unpaired) electrons. The van der Waals surface area contributed by atoms with E-state index < -0.39 is 52.8 Å². The lowest BCUT2D eigenvalue weighted by Crippen LogP contribution is -2.47. The van der Waals surface area contributed by atoms with Crippen LogP contribution in [0, 0.1) is 5.41 Å². The van der Waals surface area contributed by atoms with E-state index in [0.717, 1.165) is 93.4 Å². The highest BCUT2D eigenvalue weighted by molar-refractivity contribution is 7.99. The van der Waals surface area contributed by atoms with Gasteiger partial charge < -0.3 is 25.5 Å². The molecule has 2 heterocycles. The highest BCUT2D eigenvalue weighted by atomic mass is 35.5. The molecular formula is C47H56ClF3N6O6S3. The molecule has 7 rings (SSSR count). The van der Waals surface area contributed by atoms with E-state index in [9.17, 15) is 39.9 Å². The van der Waals surface area contributed by atoms with Gasteiger partial charge >= 0.3 is 5.51 Å². The van der Waals surface area contributed by atoms with E-state index in [-0.39, 0.29) is 17.6 Å². The summed E-state index contributed by atoms with van der Waals surface area (Å²) in [5, 5.41) is 17.2. The van der Waals surface area contributed by atoms with Crippen molar-refractivity contribution >= 4 is 66.1 Å². The third-order valence-electron chi connectivity index (χ3n) is 12.5. The third-order valence-corrected chi connectivity index (χ3v) is 16.8. The molecule has 2 fully saturated rings. The van der Waals surface area contributed by atoms with Crippen molar-refractivity contribution < 1.29 is 39.9 Å². The van der Waals surface area contributed by atoms with Gasteiger partial charge in [-0.3, -0.25) is 9.69 Å². The number of carbonyl (C=O) groups is 1. The summed E-state index contributed by atoms with van der Waals surface area (Å²) in [7, 11) is -10.9. The summed E-state index contributed by atoms with van der Waals surface area (Å²) in [5.74, 6) is -0.657. The number of piperazine rings is 2. The first-order chi connectivity index (χ1) is 31.4. The number of halogens is 4. The third kappa shape index (κ3) is 12.5. The van der Waals surface area contributed by atoms with Crippen LogP contribution < -0.4 is 20.3 Å². The number of aliphatic hydroxyl groups is 1. The highest BCUT2D eigenvalue weighted by Gasteiger charge is 2.48. The van der Waals surface area contributed by atoms with Crippen LogP contribution in [-0.4, -0.2) is 127 Å². The standard InChI is InChI=1S/C47H56ClF3N6O6S3/c1-46(33-58)19-17-42(34-7-11-37(48)12-8-34)36(30-46)31-56-25-27-57(28-26-56)39-13-9-35(10-14-39)45(59)54-66(62,63)41-15-16-43(44(29-41)65(60,61)47(49,50)51)53-38(18-22-55-23-20-52-21-24-55)32-64-40-5-3-2-4-6-40/h2-16,29,38,52-53,58H,17-28,30-33H2,1H3,(H,54,59)/t38-,46-/m1/s1. The Morgan fingerprint density at radius 3 is 2.23 bits per heavy atom. The summed E-state index contributed by atoms with van der Waals surface area (Å²) < 4.78 is 97.8. The van der Waals surface area contributed by atoms with Crippen LogP contribution in [0.3, 0.4) is 0 Å². The zero-order valence-corrected chi connectivity index (χ0v) is 39.9. The predicted molar refractivity (Wildman–Crippen MR) is 255 cm³/mol. The van der Waals surface area contributed by atoms with Crippen LogP contribution >= 0.6 is 23.4 Å². The van der Waals surface area contributed by atoms with Gasteiger partial charge in [-0.05, 0) is 109 Å². The quantitative estimate of drug-likeness (QED) is 0.0782. The maximum atomic E-state index is 14.2. The van der Waals surface area contributed by atoms with Crippen molar-refractivity contribution in [2.75, 3.05) is 88.0 Å². The first-order valence-electron chi connectivity index (χ1n) is 22.0. The summed E-state index contributed by atoms with van der Waals surface area (Å²) in [6.45, 7) is 9.67. The van der Waals surface area contributed by atoms with Crippen LogP contribution in [0.4, 0.5) is 24.5 Å². The van der Waals surface area contributed by atoms with E-state index in [2.05, 4.69) is 32.3 Å². The number of hydrogen-bond donors (Lipinski definition) is 4. The van der Waals surface area contributed by atoms with Crippen LogP contribution in [0.2, 0.25) is 5.02 Å². The van der Waals surface area contributed by atoms with Crippen LogP contribution in [0.1, 0.15) is 48.5 Å². The highest BCUT2D eigenvalue weighted by Crippen LogP contribution is 2.43. The number of benzene rings is 4. The first-order valence-corrected chi connectivity index (χ1v) is 26.3. The zero-order valence-electron chi connectivity index (χ0n) is 36.7. The van der Waals surface area contributed by atoms with Gasteiger partial charge in [-0.15, -0.1) is 11.8 Å². The minimum absolute atomic E-state index is 0.0171. The average Bonchev–Trinajstić information content (AvgIpc) is 3.31. The normalized spacial score (nSPS) is 19.7. The first kappa shape index (κ1) is 49.8. The molecular weight excluding hydrogens is 933 g/mol. The van der Waals surface area contributed by atoms with Gasteiger partial charge in [-0.2, -0.15) is 13.2 Å². The largest absolute Gasteiger partial charge is 0.501 e. The molecule has 2 saturated heterocycles. The maximum absolute atomic E-state index is 14.2. The number of nitrogens with zero attached hydrogens (tertiary/aromatic N) is 3. The number of thioether (sulfide) groups is 1. The molecule has 0 saturated carbocycles. The molecule has 1 aliphatic carbocycles. The van der Waals surface area contributed by atoms with Crippen molar-refractivity contribution in [3.05, 3.63) is 119 Å². The van der Waals surface area contributed by atoms with Gasteiger partial charge in [0.2, 0.25) is 0 Å². The van der Waals surface area contributed by atoms with Crippen LogP contribution in [-0.2, 0) is 19.9 Å². The van der Waals surface area contributed by atoms with Crippen LogP contribution in [0.25, 0.3) is 5.57 Å². The van der Waals surface area contributed by atoms with Gasteiger partial charge in [0.15, 0.2) is 0 Å². The number of aliphatic hydroxyl groups excluding tert-OH is 1. The second-order valence-corrected chi connectivity index (χ2v) is 22.6. The summed E-state index contributed by atoms with van der Waals surface area (Å²) >= 11 is 7.63. The molecule has 356 valence electrons. The minimum atomic E-state index is -6.05. The number of sulfone groups is 1. The van der Waals surface area contributed by atoms with E-state index in [0.29, 0.717) is 42.9 Å². The zero-order chi connectivity index (χ0) is 47.1. The molecule has 4 N–H and O–H groups in total. The molecule has 0 aromatic heterocycles. The maximum Gasteiger partial charge on any atom is 0.501 e. The lowest BCUT2D eigenvalue weighted by Gasteiger charge is -2.40. The van der Waals surface area contributed by atoms with Crippen molar-refractivity contribution in [3.8, 4) is 0 Å². The van der Waals surface area contributed by atoms with E-state index in [1.807, 2.05) is 59.3 Å². The Labute approximate surface area is 394 Å². The molecule has 0 unspecified atom stereocenters. The van der Waals surface area contributed by atoms with E-state index in [1.54, 1.807) is 12.1 Å². The van der Waals surface area contributed by atoms with Crippen LogP contribution in [0.5, 0.6) is 0 Å². The second-order valence-electron chi connectivity index (χ2n) is 17.4. The number of amides is 1. The number of hydrogen-bond acceptors (Lipinski definition) is 12. The van der Waals surface area contributed by atoms with E-state index in [4.69, 9.17) is 11.6 Å². The Bertz CT molecular complexity index is 2560. The fraction of sp³-hybridized carbons (Fsp3) is 0.426. The van der Waals surface area contributed by atoms with E-state index >= 15 is 0 Å². The molecule has 4 aromatic rings. The molecule has 4 aromatic carbocycles. The summed E-state index contributed by atoms with van der Waals surface area (Å²) in [6.07, 6.45) is 3.02. The topological polar surface area (TPSA) is 151 Å². The Balaban J connectivity index is 1.02. The number of allylic oxidation sites excluding steroid dienone is 1. The lowest BCUT2D eigenvalue weighted by molar-refractivity contribution is -0.0435. The molecule has 66 heavy (non-hydrogen) atoms. The Morgan fingerprint density at radius 2 is 1.58 bits per heavy atom. The van der Waals surface area contributed by atoms with Crippen molar-refractivity contribution in [1.82, 2.24) is 19.8 Å². The molecule has 19 heteroatoms. The predicted octanol–water partition coefficient (Wildman–Crippen LogP) is 7.38. The van der Waals surface area contributed by atoms with E-state index in [1.165, 1.54) is 35.0 Å². The summed E-state index contributed by atoms with van der Waals surface area (Å²) in [6, 6.07) is 25.6. The smallest absolute Gasteiger partial charge is 0.396 e. The summed E-state index contributed by atoms with van der Waals surface area (Å²) in [5.41, 5.74) is -1.77. The summed E-state index contributed by atoms with van der Waals surface area (Å²) in [4.78, 5) is 19.0. The Kier molecular flexibility index (Phi) is 16.2. The number of nitrogens with one attached hydrogen (secondary N) is 3. The monoisotopic (exact) mass is 988 g/mol. The van der Waals surface area contributed by atoms with Gasteiger partial charge in [-0.1, -0.05) is 54.4 Å². The van der Waals surface area contributed by atoms with Gasteiger partial charge in [0.25, 0.3) is 25.8 Å². The van der Waals surface area contributed by atoms with Gasteiger partial charge in [0.05, 0.1) is 10.6 Å². The van der Waals surface area contributed by atoms with Crippen molar-refractivity contribution in [1.29, 1.82) is 0 Å².